The second-order valence-electron chi connectivity index (χ2n) is 7.48. The lowest BCUT2D eigenvalue weighted by atomic mass is 10.0. The first kappa shape index (κ1) is 21.2. The third kappa shape index (κ3) is 4.56. The molecule has 0 saturated carbocycles. The van der Waals surface area contributed by atoms with Crippen molar-refractivity contribution < 1.29 is 9.72 Å². The van der Waals surface area contributed by atoms with E-state index in [0.717, 1.165) is 17.5 Å². The highest BCUT2D eigenvalue weighted by Gasteiger charge is 2.21. The third-order valence-electron chi connectivity index (χ3n) is 5.27. The van der Waals surface area contributed by atoms with Gasteiger partial charge in [0.2, 0.25) is 0 Å². The van der Waals surface area contributed by atoms with E-state index in [1.807, 2.05) is 50.2 Å². The van der Waals surface area contributed by atoms with Gasteiger partial charge in [-0.3, -0.25) is 19.6 Å². The summed E-state index contributed by atoms with van der Waals surface area (Å²) in [4.78, 5) is 23.5. The summed E-state index contributed by atoms with van der Waals surface area (Å²) in [6.45, 7) is 7.81. The molecule has 1 atom stereocenters. The highest BCUT2D eigenvalue weighted by molar-refractivity contribution is 5.94. The lowest BCUT2D eigenvalue weighted by Crippen LogP contribution is -2.28. The summed E-state index contributed by atoms with van der Waals surface area (Å²) in [6.07, 6.45) is 0.795. The summed E-state index contributed by atoms with van der Waals surface area (Å²) in [5.41, 5.74) is 4.72. The smallest absolute Gasteiger partial charge is 0.312 e. The van der Waals surface area contributed by atoms with Gasteiger partial charge in [0.15, 0.2) is 0 Å². The van der Waals surface area contributed by atoms with E-state index in [-0.39, 0.29) is 17.6 Å². The normalized spacial score (nSPS) is 11.9. The number of nitrogens with zero attached hydrogens (tertiary/aromatic N) is 3. The predicted molar refractivity (Wildman–Crippen MR) is 116 cm³/mol. The van der Waals surface area contributed by atoms with Crippen LogP contribution in [0.1, 0.15) is 57.8 Å². The Kier molecular flexibility index (Phi) is 6.30. The van der Waals surface area contributed by atoms with Gasteiger partial charge in [-0.25, -0.2) is 0 Å². The molecule has 7 nitrogen and oxygen atoms in total. The molecule has 156 valence electrons. The number of carbonyl (C=O) groups excluding carboxylic acids is 1. The molecule has 0 saturated heterocycles. The van der Waals surface area contributed by atoms with Gasteiger partial charge in [-0.1, -0.05) is 48.9 Å². The van der Waals surface area contributed by atoms with Crippen LogP contribution in [0.2, 0.25) is 0 Å². The van der Waals surface area contributed by atoms with Crippen molar-refractivity contribution in [1.82, 2.24) is 15.1 Å². The number of carbonyl (C=O) groups is 1. The van der Waals surface area contributed by atoms with Gasteiger partial charge in [-0.15, -0.1) is 0 Å². The molecule has 0 aliphatic heterocycles. The van der Waals surface area contributed by atoms with Crippen LogP contribution in [0.3, 0.4) is 0 Å². The molecule has 0 unspecified atom stereocenters. The number of hydrogen-bond donors (Lipinski definition) is 1. The fourth-order valence-electron chi connectivity index (χ4n) is 3.50. The third-order valence-corrected chi connectivity index (χ3v) is 5.27. The van der Waals surface area contributed by atoms with Gasteiger partial charge in [0, 0.05) is 5.56 Å². The Labute approximate surface area is 175 Å². The van der Waals surface area contributed by atoms with Crippen molar-refractivity contribution in [3.8, 4) is 0 Å². The molecule has 0 fully saturated rings. The predicted octanol–water partition coefficient (Wildman–Crippen LogP) is 4.65. The number of amides is 1. The lowest BCUT2D eigenvalue weighted by molar-refractivity contribution is -0.386. The second-order valence-corrected chi connectivity index (χ2v) is 7.48. The van der Waals surface area contributed by atoms with Gasteiger partial charge < -0.3 is 5.32 Å². The topological polar surface area (TPSA) is 90.1 Å². The van der Waals surface area contributed by atoms with Crippen LogP contribution in [0.5, 0.6) is 0 Å². The quantitative estimate of drug-likeness (QED) is 0.457. The van der Waals surface area contributed by atoms with Crippen LogP contribution in [0.25, 0.3) is 0 Å². The minimum absolute atomic E-state index is 0.0481. The zero-order valence-corrected chi connectivity index (χ0v) is 17.7. The van der Waals surface area contributed by atoms with Crippen molar-refractivity contribution in [2.24, 2.45) is 0 Å². The highest BCUT2D eigenvalue weighted by Crippen LogP contribution is 2.23. The molecule has 0 bridgehead atoms. The molecule has 3 aromatic rings. The number of hydrogen-bond acceptors (Lipinski definition) is 4. The van der Waals surface area contributed by atoms with Crippen LogP contribution in [0.15, 0.2) is 48.5 Å². The zero-order valence-electron chi connectivity index (χ0n) is 17.7. The number of rotatable bonds is 7. The second kappa shape index (κ2) is 8.90. The van der Waals surface area contributed by atoms with Crippen molar-refractivity contribution in [3.63, 3.8) is 0 Å². The van der Waals surface area contributed by atoms with Crippen molar-refractivity contribution >= 4 is 11.6 Å². The van der Waals surface area contributed by atoms with Gasteiger partial charge >= 0.3 is 5.69 Å². The van der Waals surface area contributed by atoms with Crippen molar-refractivity contribution in [3.05, 3.63) is 92.3 Å². The summed E-state index contributed by atoms with van der Waals surface area (Å²) in [6, 6.07) is 15.4. The maximum atomic E-state index is 12.7. The number of benzene rings is 2. The van der Waals surface area contributed by atoms with Gasteiger partial charge in [0.1, 0.15) is 11.4 Å². The number of aryl methyl sites for hydroxylation is 2. The van der Waals surface area contributed by atoms with Crippen LogP contribution >= 0.6 is 0 Å². The van der Waals surface area contributed by atoms with Crippen molar-refractivity contribution in [2.45, 2.75) is 46.7 Å². The van der Waals surface area contributed by atoms with E-state index in [1.165, 1.54) is 5.56 Å². The van der Waals surface area contributed by atoms with Crippen molar-refractivity contribution in [1.29, 1.82) is 0 Å². The molecule has 0 aliphatic carbocycles. The Morgan fingerprint density at radius 2 is 1.73 bits per heavy atom. The highest BCUT2D eigenvalue weighted by atomic mass is 16.6. The molecule has 1 N–H and O–H groups in total. The molecular formula is C23H26N4O3. The molecule has 1 aromatic heterocycles. The Morgan fingerprint density at radius 1 is 1.10 bits per heavy atom. The number of aromatic nitrogens is 2. The minimum Gasteiger partial charge on any atom is -0.345 e. The van der Waals surface area contributed by atoms with E-state index in [0.29, 0.717) is 23.5 Å². The van der Waals surface area contributed by atoms with Gasteiger partial charge in [-0.05, 0) is 50.5 Å². The lowest BCUT2D eigenvalue weighted by Gasteiger charge is -2.18. The fourth-order valence-corrected chi connectivity index (χ4v) is 3.50. The zero-order chi connectivity index (χ0) is 21.8. The van der Waals surface area contributed by atoms with Crippen molar-refractivity contribution in [2.75, 3.05) is 0 Å². The first-order valence-electron chi connectivity index (χ1n) is 9.95. The number of nitro groups is 1. The molecule has 1 amide bonds. The maximum Gasteiger partial charge on any atom is 0.312 e. The van der Waals surface area contributed by atoms with E-state index >= 15 is 0 Å². The molecule has 7 heteroatoms. The Balaban J connectivity index is 1.70. The molecule has 30 heavy (non-hydrogen) atoms. The minimum atomic E-state index is -0.403. The Hall–Kier alpha value is -3.48. The van der Waals surface area contributed by atoms with Gasteiger partial charge in [0.25, 0.3) is 5.91 Å². The molecule has 0 aliphatic rings. The van der Waals surface area contributed by atoms with E-state index in [2.05, 4.69) is 10.4 Å². The molecule has 2 aromatic carbocycles. The van der Waals surface area contributed by atoms with E-state index in [4.69, 9.17) is 0 Å². The summed E-state index contributed by atoms with van der Waals surface area (Å²) in [5.74, 6) is -0.129. The van der Waals surface area contributed by atoms with Crippen LogP contribution in [0.4, 0.5) is 5.69 Å². The maximum absolute atomic E-state index is 12.7. The average Bonchev–Trinajstić information content (AvgIpc) is 3.00. The molecule has 1 heterocycles. The monoisotopic (exact) mass is 406 g/mol. The summed E-state index contributed by atoms with van der Waals surface area (Å²) in [5, 5.41) is 18.5. The van der Waals surface area contributed by atoms with Crippen LogP contribution in [-0.4, -0.2) is 20.6 Å². The molecular weight excluding hydrogens is 380 g/mol. The molecule has 3 rings (SSSR count). The van der Waals surface area contributed by atoms with Crippen LogP contribution in [0, 0.1) is 30.9 Å². The summed E-state index contributed by atoms with van der Waals surface area (Å²) in [7, 11) is 0. The standard InChI is InChI=1S/C23H26N4O3/c1-5-21(19-10-6-15(2)7-11-19)24-23(28)20-12-8-18(9-13-20)14-26-17(4)22(27(29)30)16(3)25-26/h6-13,21H,5,14H2,1-4H3,(H,24,28)/t21-/m0/s1. The molecule has 0 spiro atoms. The molecule has 0 radical (unpaired) electrons. The number of nitrogens with one attached hydrogen (secondary N) is 1. The average molecular weight is 406 g/mol. The van der Waals surface area contributed by atoms with Crippen LogP contribution < -0.4 is 5.32 Å². The Morgan fingerprint density at radius 3 is 2.27 bits per heavy atom. The summed E-state index contributed by atoms with van der Waals surface area (Å²) >= 11 is 0. The SMILES string of the molecule is CC[C@H](NC(=O)c1ccc(Cn2nc(C)c([N+](=O)[O-])c2C)cc1)c1ccc(C)cc1. The van der Waals surface area contributed by atoms with Crippen LogP contribution in [-0.2, 0) is 6.54 Å². The fraction of sp³-hybridized carbons (Fsp3) is 0.304. The van der Waals surface area contributed by atoms with Gasteiger partial charge in [-0.2, -0.15) is 5.10 Å². The first-order chi connectivity index (χ1) is 14.3. The van der Waals surface area contributed by atoms with E-state index in [1.54, 1.807) is 30.7 Å². The van der Waals surface area contributed by atoms with Gasteiger partial charge in [0.05, 0.1) is 17.5 Å². The largest absolute Gasteiger partial charge is 0.345 e. The first-order valence-corrected chi connectivity index (χ1v) is 9.95. The van der Waals surface area contributed by atoms with E-state index in [9.17, 15) is 14.9 Å². The Bertz CT molecular complexity index is 1050. The summed E-state index contributed by atoms with van der Waals surface area (Å²) < 4.78 is 1.62. The van der Waals surface area contributed by atoms with E-state index < -0.39 is 4.92 Å².